The highest BCUT2D eigenvalue weighted by atomic mass is 32.2. The second kappa shape index (κ2) is 5.97. The normalized spacial score (nSPS) is 26.5. The minimum atomic E-state index is -0.0678. The first-order valence-electron chi connectivity index (χ1n) is 7.01. The Morgan fingerprint density at radius 1 is 1.32 bits per heavy atom. The minimum Gasteiger partial charge on any atom is -0.351 e. The molecule has 1 aromatic carbocycles. The van der Waals surface area contributed by atoms with E-state index in [1.54, 1.807) is 0 Å². The van der Waals surface area contributed by atoms with Crippen molar-refractivity contribution in [1.29, 1.82) is 0 Å². The molecule has 2 aliphatic rings. The number of fused-ring (bicyclic) bond motifs is 1. The first-order chi connectivity index (χ1) is 9.33. The summed E-state index contributed by atoms with van der Waals surface area (Å²) >= 11 is 1.95. The van der Waals surface area contributed by atoms with Gasteiger partial charge in [0.25, 0.3) is 0 Å². The van der Waals surface area contributed by atoms with Crippen molar-refractivity contribution in [2.24, 2.45) is 0 Å². The van der Waals surface area contributed by atoms with Gasteiger partial charge < -0.3 is 10.6 Å². The third-order valence-electron chi connectivity index (χ3n) is 3.90. The van der Waals surface area contributed by atoms with Crippen LogP contribution in [0.3, 0.4) is 0 Å². The SMILES string of the molecule is O=C(NC1CCCSC1)[C@@H]1Cc2ccccc2CN1. The van der Waals surface area contributed by atoms with Crippen molar-refractivity contribution in [3.8, 4) is 0 Å². The largest absolute Gasteiger partial charge is 0.351 e. The number of benzene rings is 1. The van der Waals surface area contributed by atoms with Gasteiger partial charge in [0, 0.05) is 18.3 Å². The van der Waals surface area contributed by atoms with E-state index in [2.05, 4.69) is 34.9 Å². The zero-order chi connectivity index (χ0) is 13.1. The number of rotatable bonds is 2. The molecule has 0 aromatic heterocycles. The van der Waals surface area contributed by atoms with Crippen LogP contribution in [-0.4, -0.2) is 29.5 Å². The number of hydrogen-bond donors (Lipinski definition) is 2. The smallest absolute Gasteiger partial charge is 0.237 e. The summed E-state index contributed by atoms with van der Waals surface area (Å²) in [5.74, 6) is 2.47. The molecular formula is C15H20N2OS. The van der Waals surface area contributed by atoms with Crippen molar-refractivity contribution >= 4 is 17.7 Å². The Morgan fingerprint density at radius 2 is 2.16 bits per heavy atom. The standard InChI is InChI=1S/C15H20N2OS/c18-15(17-13-6-3-7-19-10-13)14-8-11-4-1-2-5-12(11)9-16-14/h1-2,4-5,13-14,16H,3,6-10H2,(H,17,18)/t13?,14-/m0/s1. The van der Waals surface area contributed by atoms with E-state index in [-0.39, 0.29) is 11.9 Å². The third-order valence-corrected chi connectivity index (χ3v) is 5.12. The van der Waals surface area contributed by atoms with E-state index < -0.39 is 0 Å². The van der Waals surface area contributed by atoms with Crippen LogP contribution in [0.4, 0.5) is 0 Å². The molecule has 1 unspecified atom stereocenters. The molecule has 2 N–H and O–H groups in total. The van der Waals surface area contributed by atoms with Crippen molar-refractivity contribution in [2.45, 2.75) is 37.9 Å². The number of hydrogen-bond acceptors (Lipinski definition) is 3. The lowest BCUT2D eigenvalue weighted by Gasteiger charge is -2.28. The van der Waals surface area contributed by atoms with Crippen LogP contribution in [0, 0.1) is 0 Å². The topological polar surface area (TPSA) is 41.1 Å². The monoisotopic (exact) mass is 276 g/mol. The summed E-state index contributed by atoms with van der Waals surface area (Å²) in [4.78, 5) is 12.3. The summed E-state index contributed by atoms with van der Waals surface area (Å²) in [6, 6.07) is 8.67. The van der Waals surface area contributed by atoms with E-state index in [0.717, 1.165) is 25.1 Å². The van der Waals surface area contributed by atoms with E-state index in [1.807, 2.05) is 11.8 Å². The number of carbonyl (C=O) groups excluding carboxylic acids is 1. The van der Waals surface area contributed by atoms with E-state index in [9.17, 15) is 4.79 Å². The van der Waals surface area contributed by atoms with Gasteiger partial charge in [0.15, 0.2) is 0 Å². The number of thioether (sulfide) groups is 1. The molecule has 3 rings (SSSR count). The molecule has 1 fully saturated rings. The minimum absolute atomic E-state index is 0.0678. The summed E-state index contributed by atoms with van der Waals surface area (Å²) < 4.78 is 0. The Hall–Kier alpha value is -1.00. The fourth-order valence-electron chi connectivity index (χ4n) is 2.80. The molecule has 0 aliphatic carbocycles. The van der Waals surface area contributed by atoms with E-state index in [4.69, 9.17) is 0 Å². The van der Waals surface area contributed by atoms with Crippen LogP contribution in [0.25, 0.3) is 0 Å². The molecule has 1 amide bonds. The van der Waals surface area contributed by atoms with Gasteiger partial charge in [0.05, 0.1) is 6.04 Å². The first kappa shape index (κ1) is 13.0. The van der Waals surface area contributed by atoms with E-state index >= 15 is 0 Å². The predicted octanol–water partition coefficient (Wildman–Crippen LogP) is 1.71. The summed E-state index contributed by atoms with van der Waals surface area (Å²) in [6.45, 7) is 0.799. The Morgan fingerprint density at radius 3 is 2.95 bits per heavy atom. The lowest BCUT2D eigenvalue weighted by Crippen LogP contribution is -2.51. The first-order valence-corrected chi connectivity index (χ1v) is 8.16. The molecule has 4 heteroatoms. The van der Waals surface area contributed by atoms with Crippen LogP contribution >= 0.6 is 11.8 Å². The molecule has 102 valence electrons. The van der Waals surface area contributed by atoms with Crippen LogP contribution < -0.4 is 10.6 Å². The Kier molecular flexibility index (Phi) is 4.09. The molecular weight excluding hydrogens is 256 g/mol. The zero-order valence-electron chi connectivity index (χ0n) is 11.0. The van der Waals surface area contributed by atoms with Gasteiger partial charge in [-0.1, -0.05) is 24.3 Å². The fourth-order valence-corrected chi connectivity index (χ4v) is 3.87. The molecule has 1 aromatic rings. The third kappa shape index (κ3) is 3.12. The average molecular weight is 276 g/mol. The molecule has 0 spiro atoms. The van der Waals surface area contributed by atoms with Crippen LogP contribution in [0.5, 0.6) is 0 Å². The maximum atomic E-state index is 12.3. The molecule has 1 saturated heterocycles. The molecule has 2 atom stereocenters. The number of amides is 1. The highest BCUT2D eigenvalue weighted by molar-refractivity contribution is 7.99. The Bertz CT molecular complexity index is 457. The summed E-state index contributed by atoms with van der Waals surface area (Å²) in [5.41, 5.74) is 2.62. The molecule has 0 bridgehead atoms. The van der Waals surface area contributed by atoms with Crippen molar-refractivity contribution < 1.29 is 4.79 Å². The van der Waals surface area contributed by atoms with E-state index in [1.165, 1.54) is 23.3 Å². The highest BCUT2D eigenvalue weighted by Crippen LogP contribution is 2.19. The summed E-state index contributed by atoms with van der Waals surface area (Å²) in [5, 5.41) is 6.54. The fraction of sp³-hybridized carbons (Fsp3) is 0.533. The maximum absolute atomic E-state index is 12.3. The Balaban J connectivity index is 1.59. The van der Waals surface area contributed by atoms with Crippen molar-refractivity contribution in [3.63, 3.8) is 0 Å². The lowest BCUT2D eigenvalue weighted by molar-refractivity contribution is -0.123. The zero-order valence-corrected chi connectivity index (χ0v) is 11.8. The molecule has 2 heterocycles. The van der Waals surface area contributed by atoms with Crippen molar-refractivity contribution in [2.75, 3.05) is 11.5 Å². The second-order valence-electron chi connectivity index (χ2n) is 5.33. The number of nitrogens with one attached hydrogen (secondary N) is 2. The van der Waals surface area contributed by atoms with Crippen molar-refractivity contribution in [3.05, 3.63) is 35.4 Å². The van der Waals surface area contributed by atoms with Gasteiger partial charge in [-0.25, -0.2) is 0 Å². The molecule has 0 radical (unpaired) electrons. The van der Waals surface area contributed by atoms with Crippen LogP contribution in [-0.2, 0) is 17.8 Å². The van der Waals surface area contributed by atoms with E-state index in [0.29, 0.717) is 6.04 Å². The molecule has 19 heavy (non-hydrogen) atoms. The van der Waals surface area contributed by atoms with Gasteiger partial charge in [0.1, 0.15) is 0 Å². The molecule has 2 aliphatic heterocycles. The summed E-state index contributed by atoms with van der Waals surface area (Å²) in [6.07, 6.45) is 3.15. The van der Waals surface area contributed by atoms with Gasteiger partial charge >= 0.3 is 0 Å². The van der Waals surface area contributed by atoms with Gasteiger partial charge in [-0.05, 0) is 36.1 Å². The quantitative estimate of drug-likeness (QED) is 0.864. The lowest BCUT2D eigenvalue weighted by atomic mass is 9.95. The maximum Gasteiger partial charge on any atom is 0.237 e. The van der Waals surface area contributed by atoms with Crippen molar-refractivity contribution in [1.82, 2.24) is 10.6 Å². The van der Waals surface area contributed by atoms with Crippen LogP contribution in [0.2, 0.25) is 0 Å². The van der Waals surface area contributed by atoms with Crippen LogP contribution in [0.15, 0.2) is 24.3 Å². The highest BCUT2D eigenvalue weighted by Gasteiger charge is 2.26. The average Bonchev–Trinajstić information content (AvgIpc) is 2.48. The Labute approximate surface area is 118 Å². The summed E-state index contributed by atoms with van der Waals surface area (Å²) in [7, 11) is 0. The van der Waals surface area contributed by atoms with Gasteiger partial charge in [-0.2, -0.15) is 11.8 Å². The van der Waals surface area contributed by atoms with Gasteiger partial charge in [-0.3, -0.25) is 4.79 Å². The van der Waals surface area contributed by atoms with Gasteiger partial charge in [0.2, 0.25) is 5.91 Å². The molecule has 3 nitrogen and oxygen atoms in total. The van der Waals surface area contributed by atoms with Gasteiger partial charge in [-0.15, -0.1) is 0 Å². The van der Waals surface area contributed by atoms with Crippen LogP contribution in [0.1, 0.15) is 24.0 Å². The predicted molar refractivity (Wildman–Crippen MR) is 79.3 cm³/mol. The number of carbonyl (C=O) groups is 1. The molecule has 0 saturated carbocycles. The second-order valence-corrected chi connectivity index (χ2v) is 6.48.